The van der Waals surface area contributed by atoms with Crippen molar-refractivity contribution in [3.8, 4) is 0 Å². The lowest BCUT2D eigenvalue weighted by atomic mass is 10.4. The quantitative estimate of drug-likeness (QED) is 0.722. The minimum atomic E-state index is 0.513. The monoisotopic (exact) mass is 183 g/mol. The van der Waals surface area contributed by atoms with E-state index in [1.54, 1.807) is 0 Å². The second-order valence-electron chi connectivity index (χ2n) is 2.55. The first-order valence-electron chi connectivity index (χ1n) is 4.47. The summed E-state index contributed by atoms with van der Waals surface area (Å²) in [6.07, 6.45) is 0. The van der Waals surface area contributed by atoms with Gasteiger partial charge in [-0.15, -0.1) is 0 Å². The van der Waals surface area contributed by atoms with Gasteiger partial charge in [-0.3, -0.25) is 5.10 Å². The van der Waals surface area contributed by atoms with Crippen molar-refractivity contribution in [3.05, 3.63) is 17.5 Å². The van der Waals surface area contributed by atoms with Crippen LogP contribution in [-0.4, -0.2) is 23.4 Å². The smallest absolute Gasteiger partial charge is 0.0962 e. The molecule has 73 valence electrons. The second-order valence-corrected chi connectivity index (χ2v) is 2.55. The first-order valence-corrected chi connectivity index (χ1v) is 4.47. The highest BCUT2D eigenvalue weighted by Crippen LogP contribution is 2.01. The Labute approximate surface area is 78.2 Å². The van der Waals surface area contributed by atoms with E-state index in [2.05, 4.69) is 16.3 Å². The summed E-state index contributed by atoms with van der Waals surface area (Å²) in [6.45, 7) is 6.36. The third kappa shape index (κ3) is 3.57. The number of nitrogens with one attached hydrogen (secondary N) is 1. The lowest BCUT2D eigenvalue weighted by Gasteiger charge is -1.95. The summed E-state index contributed by atoms with van der Waals surface area (Å²) in [5, 5.41) is 6.86. The third-order valence-electron chi connectivity index (χ3n) is 1.51. The lowest BCUT2D eigenvalue weighted by molar-refractivity contribution is 0.130. The van der Waals surface area contributed by atoms with E-state index >= 15 is 0 Å². The molecule has 1 N–H and O–H groups in total. The van der Waals surface area contributed by atoms with E-state index in [0.717, 1.165) is 11.4 Å². The van der Waals surface area contributed by atoms with Gasteiger partial charge in [0.1, 0.15) is 0 Å². The van der Waals surface area contributed by atoms with Crippen LogP contribution in [0.15, 0.2) is 0 Å². The van der Waals surface area contributed by atoms with E-state index in [9.17, 15) is 0 Å². The molecule has 0 amide bonds. The van der Waals surface area contributed by atoms with Gasteiger partial charge >= 0.3 is 0 Å². The normalized spacial score (nSPS) is 10.6. The van der Waals surface area contributed by atoms with Crippen LogP contribution in [0.25, 0.3) is 0 Å². The number of H-pyrrole nitrogens is 1. The van der Waals surface area contributed by atoms with Crippen molar-refractivity contribution in [2.24, 2.45) is 0 Å². The number of rotatable bonds is 6. The fourth-order valence-electron chi connectivity index (χ4n) is 0.905. The third-order valence-corrected chi connectivity index (χ3v) is 1.51. The molecule has 1 radical (unpaired) electrons. The van der Waals surface area contributed by atoms with Gasteiger partial charge in [-0.2, -0.15) is 5.10 Å². The number of hydrogen-bond acceptors (Lipinski definition) is 3. The second kappa shape index (κ2) is 5.72. The summed E-state index contributed by atoms with van der Waals surface area (Å²) < 4.78 is 10.4. The molecule has 0 saturated carbocycles. The molecular weight excluding hydrogens is 168 g/mol. The van der Waals surface area contributed by atoms with Crippen molar-refractivity contribution in [2.45, 2.75) is 27.1 Å². The molecule has 4 nitrogen and oxygen atoms in total. The van der Waals surface area contributed by atoms with Crippen molar-refractivity contribution in [3.63, 3.8) is 0 Å². The molecule has 1 heterocycles. The van der Waals surface area contributed by atoms with Gasteiger partial charge in [-0.1, -0.05) is 0 Å². The van der Waals surface area contributed by atoms with Crippen LogP contribution in [0.2, 0.25) is 0 Å². The fraction of sp³-hybridized carbons (Fsp3) is 0.667. The molecule has 0 unspecified atom stereocenters. The molecule has 0 aliphatic rings. The predicted molar refractivity (Wildman–Crippen MR) is 48.1 cm³/mol. The first kappa shape index (κ1) is 10.2. The van der Waals surface area contributed by atoms with Gasteiger partial charge in [0, 0.05) is 19.3 Å². The van der Waals surface area contributed by atoms with Crippen LogP contribution in [0.1, 0.15) is 25.2 Å². The molecule has 0 fully saturated rings. The van der Waals surface area contributed by atoms with E-state index in [0.29, 0.717) is 26.4 Å². The molecule has 0 aliphatic heterocycles. The van der Waals surface area contributed by atoms with E-state index in [4.69, 9.17) is 9.47 Å². The molecule has 1 rings (SSSR count). The molecular formula is C9H15N2O2. The van der Waals surface area contributed by atoms with Gasteiger partial charge in [-0.05, 0) is 13.8 Å². The summed E-state index contributed by atoms with van der Waals surface area (Å²) in [4.78, 5) is 0. The molecule has 1 aromatic rings. The van der Waals surface area contributed by atoms with Gasteiger partial charge in [-0.25, -0.2) is 0 Å². The van der Waals surface area contributed by atoms with Crippen LogP contribution < -0.4 is 0 Å². The number of aromatic nitrogens is 2. The first-order chi connectivity index (χ1) is 6.36. The summed E-state index contributed by atoms with van der Waals surface area (Å²) >= 11 is 0. The summed E-state index contributed by atoms with van der Waals surface area (Å²) in [6, 6.07) is 3.07. The fourth-order valence-corrected chi connectivity index (χ4v) is 0.905. The molecule has 0 bridgehead atoms. The van der Waals surface area contributed by atoms with Crippen LogP contribution in [0.5, 0.6) is 0 Å². The van der Waals surface area contributed by atoms with Gasteiger partial charge in [0.05, 0.1) is 24.6 Å². The summed E-state index contributed by atoms with van der Waals surface area (Å²) in [7, 11) is 0. The van der Waals surface area contributed by atoms with Crippen molar-refractivity contribution in [1.82, 2.24) is 10.2 Å². The molecule has 1 aromatic heterocycles. The average molecular weight is 183 g/mol. The molecule has 0 aromatic carbocycles. The van der Waals surface area contributed by atoms with E-state index in [-0.39, 0.29) is 0 Å². The van der Waals surface area contributed by atoms with Crippen molar-refractivity contribution >= 4 is 0 Å². The summed E-state index contributed by atoms with van der Waals surface area (Å²) in [5.74, 6) is 0. The van der Waals surface area contributed by atoms with Gasteiger partial charge in [0.25, 0.3) is 0 Å². The van der Waals surface area contributed by atoms with Crippen LogP contribution in [0.3, 0.4) is 0 Å². The maximum atomic E-state index is 5.19. The van der Waals surface area contributed by atoms with E-state index in [1.807, 2.05) is 13.8 Å². The van der Waals surface area contributed by atoms with Crippen molar-refractivity contribution in [1.29, 1.82) is 0 Å². The van der Waals surface area contributed by atoms with Gasteiger partial charge in [0.15, 0.2) is 0 Å². The SMILES string of the molecule is CCOCc1[c]c(COCC)[nH]n1. The molecule has 0 spiro atoms. The molecule has 0 atom stereocenters. The highest BCUT2D eigenvalue weighted by molar-refractivity contribution is 5.03. The highest BCUT2D eigenvalue weighted by atomic mass is 16.5. The Hall–Kier alpha value is -0.870. The minimum absolute atomic E-state index is 0.513. The number of hydrogen-bond donors (Lipinski definition) is 1. The number of nitrogens with zero attached hydrogens (tertiary/aromatic N) is 1. The lowest BCUT2D eigenvalue weighted by Crippen LogP contribution is -1.92. The Balaban J connectivity index is 2.34. The molecule has 13 heavy (non-hydrogen) atoms. The zero-order valence-electron chi connectivity index (χ0n) is 8.09. The summed E-state index contributed by atoms with van der Waals surface area (Å²) in [5.41, 5.74) is 1.67. The Kier molecular flexibility index (Phi) is 4.49. The predicted octanol–water partition coefficient (Wildman–Crippen LogP) is 1.28. The maximum Gasteiger partial charge on any atom is 0.0962 e. The van der Waals surface area contributed by atoms with Crippen LogP contribution in [-0.2, 0) is 22.7 Å². The van der Waals surface area contributed by atoms with E-state index < -0.39 is 0 Å². The van der Waals surface area contributed by atoms with Crippen molar-refractivity contribution < 1.29 is 9.47 Å². The van der Waals surface area contributed by atoms with E-state index in [1.165, 1.54) is 0 Å². The zero-order chi connectivity index (χ0) is 9.52. The largest absolute Gasteiger partial charge is 0.375 e. The Morgan fingerprint density at radius 1 is 1.23 bits per heavy atom. The van der Waals surface area contributed by atoms with Gasteiger partial charge in [0.2, 0.25) is 0 Å². The van der Waals surface area contributed by atoms with Gasteiger partial charge < -0.3 is 9.47 Å². The Morgan fingerprint density at radius 3 is 2.62 bits per heavy atom. The Bertz CT molecular complexity index is 213. The number of ether oxygens (including phenoxy) is 2. The zero-order valence-corrected chi connectivity index (χ0v) is 8.09. The van der Waals surface area contributed by atoms with Crippen LogP contribution >= 0.6 is 0 Å². The van der Waals surface area contributed by atoms with Crippen LogP contribution in [0.4, 0.5) is 0 Å². The maximum absolute atomic E-state index is 5.19. The Morgan fingerprint density at radius 2 is 1.92 bits per heavy atom. The number of aromatic amines is 1. The highest BCUT2D eigenvalue weighted by Gasteiger charge is 2.00. The topological polar surface area (TPSA) is 47.1 Å². The standard InChI is InChI=1S/C9H15N2O2/c1-3-12-6-8-5-9(11-10-8)7-13-4-2/h3-4,6-7H2,1-2H3,(H,10,11). The van der Waals surface area contributed by atoms with Crippen molar-refractivity contribution in [2.75, 3.05) is 13.2 Å². The van der Waals surface area contributed by atoms with Crippen LogP contribution in [0, 0.1) is 6.07 Å². The average Bonchev–Trinajstić information content (AvgIpc) is 2.59. The molecule has 0 saturated heterocycles. The molecule has 4 heteroatoms. The minimum Gasteiger partial charge on any atom is -0.375 e. The molecule has 0 aliphatic carbocycles.